The van der Waals surface area contributed by atoms with Gasteiger partial charge in [-0.2, -0.15) is 0 Å². The second-order valence-electron chi connectivity index (χ2n) is 5.63. The standard InChI is InChI=1S/C14H28N2/c1-2-13-7-11-16(12-8-13)10-4-3-9-15-14-5-6-14/h13-15H,2-12H2,1H3. The van der Waals surface area contributed by atoms with Gasteiger partial charge >= 0.3 is 0 Å². The van der Waals surface area contributed by atoms with Crippen molar-refractivity contribution >= 4 is 0 Å². The topological polar surface area (TPSA) is 15.3 Å². The Balaban J connectivity index is 1.43. The summed E-state index contributed by atoms with van der Waals surface area (Å²) >= 11 is 0. The Morgan fingerprint density at radius 3 is 2.44 bits per heavy atom. The fourth-order valence-corrected chi connectivity index (χ4v) is 2.67. The molecule has 1 saturated carbocycles. The summed E-state index contributed by atoms with van der Waals surface area (Å²) in [6.45, 7) is 7.63. The van der Waals surface area contributed by atoms with Gasteiger partial charge in [0.1, 0.15) is 0 Å². The minimum atomic E-state index is 0.889. The zero-order valence-electron chi connectivity index (χ0n) is 10.9. The molecule has 1 heterocycles. The molecule has 1 N–H and O–H groups in total. The van der Waals surface area contributed by atoms with E-state index in [0.29, 0.717) is 0 Å². The van der Waals surface area contributed by atoms with Gasteiger partial charge in [-0.3, -0.25) is 0 Å². The van der Waals surface area contributed by atoms with Crippen LogP contribution in [-0.4, -0.2) is 37.1 Å². The predicted molar refractivity (Wildman–Crippen MR) is 69.7 cm³/mol. The Labute approximate surface area is 101 Å². The Morgan fingerprint density at radius 2 is 1.81 bits per heavy atom. The first-order chi connectivity index (χ1) is 7.88. The SMILES string of the molecule is CCC1CCN(CCCCNC2CC2)CC1. The maximum atomic E-state index is 3.59. The summed E-state index contributed by atoms with van der Waals surface area (Å²) in [6.07, 6.45) is 9.86. The molecule has 0 aromatic carbocycles. The van der Waals surface area contributed by atoms with Crippen LogP contribution in [0.2, 0.25) is 0 Å². The number of piperidine rings is 1. The van der Waals surface area contributed by atoms with Gasteiger partial charge in [-0.25, -0.2) is 0 Å². The molecule has 0 aromatic heterocycles. The molecule has 0 spiro atoms. The van der Waals surface area contributed by atoms with E-state index in [1.54, 1.807) is 0 Å². The van der Waals surface area contributed by atoms with E-state index in [2.05, 4.69) is 17.1 Å². The van der Waals surface area contributed by atoms with Crippen LogP contribution in [-0.2, 0) is 0 Å². The van der Waals surface area contributed by atoms with E-state index >= 15 is 0 Å². The van der Waals surface area contributed by atoms with Gasteiger partial charge in [-0.05, 0) is 70.6 Å². The van der Waals surface area contributed by atoms with Crippen LogP contribution in [0.5, 0.6) is 0 Å². The molecule has 0 bridgehead atoms. The van der Waals surface area contributed by atoms with Gasteiger partial charge in [0.25, 0.3) is 0 Å². The van der Waals surface area contributed by atoms with Gasteiger partial charge in [0.15, 0.2) is 0 Å². The molecule has 0 amide bonds. The highest BCUT2D eigenvalue weighted by atomic mass is 15.1. The van der Waals surface area contributed by atoms with Crippen molar-refractivity contribution in [2.75, 3.05) is 26.2 Å². The van der Waals surface area contributed by atoms with E-state index in [-0.39, 0.29) is 0 Å². The molecular formula is C14H28N2. The molecular weight excluding hydrogens is 196 g/mol. The summed E-state index contributed by atoms with van der Waals surface area (Å²) in [6, 6.07) is 0.889. The number of rotatable bonds is 7. The fourth-order valence-electron chi connectivity index (χ4n) is 2.67. The lowest BCUT2D eigenvalue weighted by Crippen LogP contribution is -2.34. The minimum Gasteiger partial charge on any atom is -0.314 e. The van der Waals surface area contributed by atoms with Crippen molar-refractivity contribution in [3.63, 3.8) is 0 Å². The van der Waals surface area contributed by atoms with Crippen molar-refractivity contribution in [1.82, 2.24) is 10.2 Å². The quantitative estimate of drug-likeness (QED) is 0.669. The highest BCUT2D eigenvalue weighted by Gasteiger charge is 2.20. The molecule has 0 radical (unpaired) electrons. The molecule has 2 heteroatoms. The van der Waals surface area contributed by atoms with Crippen molar-refractivity contribution < 1.29 is 0 Å². The number of hydrogen-bond acceptors (Lipinski definition) is 2. The zero-order chi connectivity index (χ0) is 11.2. The first-order valence-corrected chi connectivity index (χ1v) is 7.34. The highest BCUT2D eigenvalue weighted by molar-refractivity contribution is 4.80. The molecule has 1 saturated heterocycles. The van der Waals surface area contributed by atoms with Crippen molar-refractivity contribution in [2.24, 2.45) is 5.92 Å². The van der Waals surface area contributed by atoms with Gasteiger partial charge in [0.05, 0.1) is 0 Å². The summed E-state index contributed by atoms with van der Waals surface area (Å²) < 4.78 is 0. The van der Waals surface area contributed by atoms with Gasteiger partial charge in [-0.1, -0.05) is 13.3 Å². The molecule has 1 aliphatic heterocycles. The highest BCUT2D eigenvalue weighted by Crippen LogP contribution is 2.20. The Morgan fingerprint density at radius 1 is 1.06 bits per heavy atom. The molecule has 2 aliphatic rings. The van der Waals surface area contributed by atoms with Crippen LogP contribution in [0.1, 0.15) is 51.9 Å². The van der Waals surface area contributed by atoms with Crippen molar-refractivity contribution in [2.45, 2.75) is 57.9 Å². The third kappa shape index (κ3) is 4.42. The third-order valence-electron chi connectivity index (χ3n) is 4.20. The second-order valence-corrected chi connectivity index (χ2v) is 5.63. The van der Waals surface area contributed by atoms with Crippen LogP contribution in [0.3, 0.4) is 0 Å². The molecule has 2 rings (SSSR count). The van der Waals surface area contributed by atoms with Crippen LogP contribution in [0.15, 0.2) is 0 Å². The first-order valence-electron chi connectivity index (χ1n) is 7.34. The van der Waals surface area contributed by atoms with Crippen LogP contribution >= 0.6 is 0 Å². The molecule has 2 fully saturated rings. The summed E-state index contributed by atoms with van der Waals surface area (Å²) in [5.74, 6) is 1.02. The lowest BCUT2D eigenvalue weighted by Gasteiger charge is -2.31. The largest absolute Gasteiger partial charge is 0.314 e. The molecule has 1 aliphatic carbocycles. The summed E-state index contributed by atoms with van der Waals surface area (Å²) in [4.78, 5) is 2.67. The minimum absolute atomic E-state index is 0.889. The second kappa shape index (κ2) is 6.61. The van der Waals surface area contributed by atoms with Crippen molar-refractivity contribution in [3.05, 3.63) is 0 Å². The molecule has 94 valence electrons. The number of nitrogens with one attached hydrogen (secondary N) is 1. The molecule has 0 aromatic rings. The predicted octanol–water partition coefficient (Wildman–Crippen LogP) is 2.64. The molecule has 0 atom stereocenters. The van der Waals surface area contributed by atoms with Gasteiger partial charge in [0.2, 0.25) is 0 Å². The lowest BCUT2D eigenvalue weighted by atomic mass is 9.94. The number of hydrogen-bond donors (Lipinski definition) is 1. The Hall–Kier alpha value is -0.0800. The maximum Gasteiger partial charge on any atom is 0.00682 e. The van der Waals surface area contributed by atoms with Crippen LogP contribution in [0.4, 0.5) is 0 Å². The normalized spacial score (nSPS) is 23.8. The van der Waals surface area contributed by atoms with Gasteiger partial charge in [0, 0.05) is 6.04 Å². The van der Waals surface area contributed by atoms with E-state index in [9.17, 15) is 0 Å². The number of unbranched alkanes of at least 4 members (excludes halogenated alkanes) is 1. The van der Waals surface area contributed by atoms with Gasteiger partial charge < -0.3 is 10.2 Å². The molecule has 0 unspecified atom stereocenters. The van der Waals surface area contributed by atoms with Crippen LogP contribution in [0.25, 0.3) is 0 Å². The Kier molecular flexibility index (Phi) is 5.11. The summed E-state index contributed by atoms with van der Waals surface area (Å²) in [5, 5.41) is 3.59. The van der Waals surface area contributed by atoms with E-state index in [0.717, 1.165) is 12.0 Å². The maximum absolute atomic E-state index is 3.59. The summed E-state index contributed by atoms with van der Waals surface area (Å²) in [7, 11) is 0. The summed E-state index contributed by atoms with van der Waals surface area (Å²) in [5.41, 5.74) is 0. The van der Waals surface area contributed by atoms with Crippen molar-refractivity contribution in [1.29, 1.82) is 0 Å². The first kappa shape index (κ1) is 12.4. The third-order valence-corrected chi connectivity index (χ3v) is 4.20. The fraction of sp³-hybridized carbons (Fsp3) is 1.00. The number of nitrogens with zero attached hydrogens (tertiary/aromatic N) is 1. The van der Waals surface area contributed by atoms with E-state index < -0.39 is 0 Å². The average Bonchev–Trinajstić information content (AvgIpc) is 3.13. The van der Waals surface area contributed by atoms with Crippen LogP contribution in [0, 0.1) is 5.92 Å². The van der Waals surface area contributed by atoms with Crippen LogP contribution < -0.4 is 5.32 Å². The van der Waals surface area contributed by atoms with Gasteiger partial charge in [-0.15, -0.1) is 0 Å². The molecule has 2 nitrogen and oxygen atoms in total. The lowest BCUT2D eigenvalue weighted by molar-refractivity contribution is 0.179. The zero-order valence-corrected chi connectivity index (χ0v) is 10.9. The monoisotopic (exact) mass is 224 g/mol. The average molecular weight is 224 g/mol. The Bertz CT molecular complexity index is 181. The van der Waals surface area contributed by atoms with Crippen molar-refractivity contribution in [3.8, 4) is 0 Å². The van der Waals surface area contributed by atoms with E-state index in [1.807, 2.05) is 0 Å². The van der Waals surface area contributed by atoms with E-state index in [1.165, 1.54) is 71.1 Å². The number of likely N-dealkylation sites (tertiary alicyclic amines) is 1. The van der Waals surface area contributed by atoms with E-state index in [4.69, 9.17) is 0 Å². The smallest absolute Gasteiger partial charge is 0.00682 e. The molecule has 16 heavy (non-hydrogen) atoms.